The van der Waals surface area contributed by atoms with Crippen molar-refractivity contribution < 1.29 is 18.7 Å². The molecule has 0 bridgehead atoms. The number of benzene rings is 3. The van der Waals surface area contributed by atoms with Gasteiger partial charge in [0.05, 0.1) is 18.2 Å². The summed E-state index contributed by atoms with van der Waals surface area (Å²) in [7, 11) is 1.54. The second-order valence-corrected chi connectivity index (χ2v) is 7.30. The van der Waals surface area contributed by atoms with Crippen molar-refractivity contribution in [3.8, 4) is 23.0 Å². The quantitative estimate of drug-likeness (QED) is 0.381. The number of carbonyl (C=O) groups is 1. The molecule has 1 N–H and O–H groups in total. The number of methoxy groups -OCH3 is 1. The van der Waals surface area contributed by atoms with Crippen LogP contribution in [0.5, 0.6) is 11.5 Å². The first-order valence-electron chi connectivity index (χ1n) is 9.36. The lowest BCUT2D eigenvalue weighted by molar-refractivity contribution is 0.102. The SMILES string of the molecule is CCOc1c(Br)cc(C(=O)Nc2ccc(-c3nc4ccccc4o3)cc2)cc1OC. The highest BCUT2D eigenvalue weighted by Crippen LogP contribution is 2.37. The standard InChI is InChI=1S/C23H19BrN2O4/c1-3-29-21-17(24)12-15(13-20(21)28-2)22(27)25-16-10-8-14(9-11-16)23-26-18-6-4-5-7-19(18)30-23/h4-13H,3H2,1-2H3,(H,25,27). The zero-order valence-corrected chi connectivity index (χ0v) is 18.0. The molecular formula is C23H19BrN2O4. The number of para-hydroxylation sites is 2. The maximum Gasteiger partial charge on any atom is 0.255 e. The molecule has 4 rings (SSSR count). The minimum Gasteiger partial charge on any atom is -0.493 e. The number of carbonyl (C=O) groups excluding carboxylic acids is 1. The van der Waals surface area contributed by atoms with E-state index in [9.17, 15) is 4.79 Å². The van der Waals surface area contributed by atoms with E-state index in [4.69, 9.17) is 13.9 Å². The fourth-order valence-electron chi connectivity index (χ4n) is 3.03. The lowest BCUT2D eigenvalue weighted by Crippen LogP contribution is -2.12. The fourth-order valence-corrected chi connectivity index (χ4v) is 3.59. The van der Waals surface area contributed by atoms with Crippen molar-refractivity contribution in [2.45, 2.75) is 6.92 Å². The first kappa shape index (κ1) is 20.0. The van der Waals surface area contributed by atoms with Crippen LogP contribution in [-0.4, -0.2) is 24.6 Å². The van der Waals surface area contributed by atoms with Crippen LogP contribution in [0.25, 0.3) is 22.6 Å². The molecule has 30 heavy (non-hydrogen) atoms. The normalized spacial score (nSPS) is 10.8. The van der Waals surface area contributed by atoms with Crippen LogP contribution in [0.1, 0.15) is 17.3 Å². The number of anilines is 1. The van der Waals surface area contributed by atoms with Gasteiger partial charge in [-0.2, -0.15) is 0 Å². The van der Waals surface area contributed by atoms with E-state index in [1.807, 2.05) is 55.5 Å². The van der Waals surface area contributed by atoms with Crippen LogP contribution in [0.3, 0.4) is 0 Å². The van der Waals surface area contributed by atoms with Crippen molar-refractivity contribution in [1.82, 2.24) is 4.98 Å². The maximum absolute atomic E-state index is 12.7. The molecule has 6 nitrogen and oxygen atoms in total. The molecule has 1 heterocycles. The molecule has 0 spiro atoms. The summed E-state index contributed by atoms with van der Waals surface area (Å²) < 4.78 is 17.4. The number of oxazole rings is 1. The summed E-state index contributed by atoms with van der Waals surface area (Å²) in [6, 6.07) is 18.3. The summed E-state index contributed by atoms with van der Waals surface area (Å²) in [5.74, 6) is 1.34. The molecule has 0 aliphatic carbocycles. The fraction of sp³-hybridized carbons (Fsp3) is 0.130. The molecule has 3 aromatic carbocycles. The molecule has 0 unspecified atom stereocenters. The van der Waals surface area contributed by atoms with E-state index in [1.165, 1.54) is 7.11 Å². The Bertz CT molecular complexity index is 1170. The Kier molecular flexibility index (Phi) is 5.72. The first-order chi connectivity index (χ1) is 14.6. The second-order valence-electron chi connectivity index (χ2n) is 6.44. The molecule has 0 atom stereocenters. The second kappa shape index (κ2) is 8.59. The summed E-state index contributed by atoms with van der Waals surface area (Å²) in [5.41, 5.74) is 3.48. The Morgan fingerprint density at radius 1 is 1.13 bits per heavy atom. The van der Waals surface area contributed by atoms with E-state index in [0.29, 0.717) is 39.7 Å². The Labute approximate surface area is 182 Å². The number of nitrogens with one attached hydrogen (secondary N) is 1. The largest absolute Gasteiger partial charge is 0.493 e. The van der Waals surface area contributed by atoms with Crippen LogP contribution >= 0.6 is 15.9 Å². The van der Waals surface area contributed by atoms with E-state index in [-0.39, 0.29) is 5.91 Å². The number of hydrogen-bond acceptors (Lipinski definition) is 5. The molecule has 4 aromatic rings. The third-order valence-electron chi connectivity index (χ3n) is 4.46. The predicted octanol–water partition coefficient (Wildman–Crippen LogP) is 5.92. The highest BCUT2D eigenvalue weighted by Gasteiger charge is 2.16. The van der Waals surface area contributed by atoms with Crippen molar-refractivity contribution in [3.05, 3.63) is 70.7 Å². The number of nitrogens with zero attached hydrogens (tertiary/aromatic N) is 1. The van der Waals surface area contributed by atoms with E-state index in [1.54, 1.807) is 12.1 Å². The zero-order valence-electron chi connectivity index (χ0n) is 16.4. The molecule has 0 saturated carbocycles. The summed E-state index contributed by atoms with van der Waals surface area (Å²) in [5, 5.41) is 2.89. The molecule has 0 saturated heterocycles. The van der Waals surface area contributed by atoms with E-state index in [0.717, 1.165) is 16.7 Å². The summed E-state index contributed by atoms with van der Waals surface area (Å²) in [6.45, 7) is 2.38. The van der Waals surface area contributed by atoms with Crippen LogP contribution in [0.2, 0.25) is 0 Å². The molecule has 7 heteroatoms. The number of aromatic nitrogens is 1. The molecular weight excluding hydrogens is 448 g/mol. The number of hydrogen-bond donors (Lipinski definition) is 1. The minimum absolute atomic E-state index is 0.258. The molecule has 0 aliphatic heterocycles. The number of halogens is 1. The van der Waals surface area contributed by atoms with Crippen molar-refractivity contribution in [1.29, 1.82) is 0 Å². The monoisotopic (exact) mass is 466 g/mol. The van der Waals surface area contributed by atoms with Gasteiger partial charge >= 0.3 is 0 Å². The Balaban J connectivity index is 1.53. The average molecular weight is 467 g/mol. The van der Waals surface area contributed by atoms with Gasteiger partial charge in [-0.1, -0.05) is 12.1 Å². The molecule has 1 aromatic heterocycles. The third kappa shape index (κ3) is 4.02. The summed E-state index contributed by atoms with van der Waals surface area (Å²) in [6.07, 6.45) is 0. The lowest BCUT2D eigenvalue weighted by atomic mass is 10.1. The molecule has 0 fully saturated rings. The highest BCUT2D eigenvalue weighted by molar-refractivity contribution is 9.10. The van der Waals surface area contributed by atoms with Crippen LogP contribution in [0.4, 0.5) is 5.69 Å². The maximum atomic E-state index is 12.7. The van der Waals surface area contributed by atoms with Gasteiger partial charge in [-0.3, -0.25) is 4.79 Å². The Morgan fingerprint density at radius 3 is 2.60 bits per heavy atom. The predicted molar refractivity (Wildman–Crippen MR) is 119 cm³/mol. The first-order valence-corrected chi connectivity index (χ1v) is 10.2. The van der Waals surface area contributed by atoms with E-state index >= 15 is 0 Å². The van der Waals surface area contributed by atoms with Crippen LogP contribution in [-0.2, 0) is 0 Å². The Hall–Kier alpha value is -3.32. The van der Waals surface area contributed by atoms with Gasteiger partial charge < -0.3 is 19.2 Å². The third-order valence-corrected chi connectivity index (χ3v) is 5.05. The zero-order chi connectivity index (χ0) is 21.1. The van der Waals surface area contributed by atoms with Crippen LogP contribution in [0, 0.1) is 0 Å². The number of ether oxygens (including phenoxy) is 2. The van der Waals surface area contributed by atoms with Gasteiger partial charge in [0.15, 0.2) is 17.1 Å². The average Bonchev–Trinajstić information content (AvgIpc) is 3.20. The smallest absolute Gasteiger partial charge is 0.255 e. The Morgan fingerprint density at radius 2 is 1.90 bits per heavy atom. The number of fused-ring (bicyclic) bond motifs is 1. The van der Waals surface area contributed by atoms with Gasteiger partial charge in [-0.05, 0) is 71.4 Å². The molecule has 152 valence electrons. The van der Waals surface area contributed by atoms with Gasteiger partial charge in [0.1, 0.15) is 5.52 Å². The van der Waals surface area contributed by atoms with Crippen molar-refractivity contribution in [2.75, 3.05) is 19.0 Å². The van der Waals surface area contributed by atoms with E-state index < -0.39 is 0 Å². The van der Waals surface area contributed by atoms with Crippen LogP contribution in [0.15, 0.2) is 69.6 Å². The molecule has 0 aliphatic rings. The highest BCUT2D eigenvalue weighted by atomic mass is 79.9. The van der Waals surface area contributed by atoms with Crippen molar-refractivity contribution in [3.63, 3.8) is 0 Å². The van der Waals surface area contributed by atoms with E-state index in [2.05, 4.69) is 26.2 Å². The van der Waals surface area contributed by atoms with Gasteiger partial charge in [-0.25, -0.2) is 4.98 Å². The van der Waals surface area contributed by atoms with Crippen molar-refractivity contribution >= 4 is 38.6 Å². The summed E-state index contributed by atoms with van der Waals surface area (Å²) >= 11 is 3.44. The minimum atomic E-state index is -0.258. The van der Waals surface area contributed by atoms with Gasteiger partial charge in [0, 0.05) is 16.8 Å². The van der Waals surface area contributed by atoms with Gasteiger partial charge in [0.25, 0.3) is 5.91 Å². The van der Waals surface area contributed by atoms with Crippen LogP contribution < -0.4 is 14.8 Å². The molecule has 1 amide bonds. The van der Waals surface area contributed by atoms with Gasteiger partial charge in [-0.15, -0.1) is 0 Å². The topological polar surface area (TPSA) is 73.6 Å². The number of amides is 1. The molecule has 0 radical (unpaired) electrons. The van der Waals surface area contributed by atoms with Crippen molar-refractivity contribution in [2.24, 2.45) is 0 Å². The lowest BCUT2D eigenvalue weighted by Gasteiger charge is -2.13. The summed E-state index contributed by atoms with van der Waals surface area (Å²) in [4.78, 5) is 17.2. The van der Waals surface area contributed by atoms with Gasteiger partial charge in [0.2, 0.25) is 5.89 Å². The number of rotatable bonds is 6.